The molecular formula is C26H37N3O3. The first kappa shape index (κ1) is 22.8. The standard InChI is InChI=1S/C26H37N3O3/c1-27-17-15-19(16-18-27)28(2)24-23(21-13-9-10-14-22(21)32-3)25(30)29(26(24)31)20-11-7-5-4-6-8-12-20/h9-10,13-14,19-20H,4-8,11-12,15-18H2,1-3H3. The van der Waals surface area contributed by atoms with E-state index in [2.05, 4.69) is 16.8 Å². The highest BCUT2D eigenvalue weighted by Gasteiger charge is 2.45. The minimum atomic E-state index is -0.153. The number of methoxy groups -OCH3 is 1. The number of carbonyl (C=O) groups excluding carboxylic acids is 2. The number of hydrogen-bond acceptors (Lipinski definition) is 5. The van der Waals surface area contributed by atoms with Gasteiger partial charge >= 0.3 is 0 Å². The molecular weight excluding hydrogens is 402 g/mol. The van der Waals surface area contributed by atoms with Gasteiger partial charge in [-0.1, -0.05) is 50.3 Å². The lowest BCUT2D eigenvalue weighted by Gasteiger charge is -2.37. The third-order valence-corrected chi connectivity index (χ3v) is 7.50. The molecule has 0 aromatic heterocycles. The number of para-hydroxylation sites is 1. The lowest BCUT2D eigenvalue weighted by atomic mass is 9.95. The number of nitrogens with zero attached hydrogens (tertiary/aromatic N) is 3. The Morgan fingerprint density at radius 3 is 2.19 bits per heavy atom. The summed E-state index contributed by atoms with van der Waals surface area (Å²) in [5, 5.41) is 0. The van der Waals surface area contributed by atoms with E-state index >= 15 is 0 Å². The van der Waals surface area contributed by atoms with Crippen LogP contribution in [0.4, 0.5) is 0 Å². The van der Waals surface area contributed by atoms with E-state index < -0.39 is 0 Å². The molecule has 1 saturated carbocycles. The van der Waals surface area contributed by atoms with Crippen LogP contribution in [0.3, 0.4) is 0 Å². The number of ether oxygens (including phenoxy) is 1. The molecule has 174 valence electrons. The fourth-order valence-electron chi connectivity index (χ4n) is 5.55. The minimum absolute atomic E-state index is 0.0107. The van der Waals surface area contributed by atoms with Crippen molar-refractivity contribution in [2.75, 3.05) is 34.3 Å². The Morgan fingerprint density at radius 2 is 1.53 bits per heavy atom. The number of hydrogen-bond donors (Lipinski definition) is 0. The fourth-order valence-corrected chi connectivity index (χ4v) is 5.55. The van der Waals surface area contributed by atoms with Gasteiger partial charge in [-0.2, -0.15) is 0 Å². The Bertz CT molecular complexity index is 865. The maximum atomic E-state index is 13.9. The van der Waals surface area contributed by atoms with Crippen molar-refractivity contribution < 1.29 is 14.3 Å². The van der Waals surface area contributed by atoms with Crippen molar-refractivity contribution in [1.82, 2.24) is 14.7 Å². The normalized spacial score (nSPS) is 22.3. The lowest BCUT2D eigenvalue weighted by Crippen LogP contribution is -2.45. The summed E-state index contributed by atoms with van der Waals surface area (Å²) in [6, 6.07) is 7.82. The molecule has 4 rings (SSSR count). The largest absolute Gasteiger partial charge is 0.496 e. The first-order chi connectivity index (χ1) is 15.5. The van der Waals surface area contributed by atoms with Crippen molar-refractivity contribution in [1.29, 1.82) is 0 Å². The summed E-state index contributed by atoms with van der Waals surface area (Å²) in [6.45, 7) is 2.00. The number of carbonyl (C=O) groups is 2. The molecule has 2 aliphatic heterocycles. The average molecular weight is 440 g/mol. The van der Waals surface area contributed by atoms with E-state index in [9.17, 15) is 9.59 Å². The van der Waals surface area contributed by atoms with E-state index in [1.54, 1.807) is 12.0 Å². The highest BCUT2D eigenvalue weighted by Crippen LogP contribution is 2.39. The van der Waals surface area contributed by atoms with Crippen molar-refractivity contribution in [2.24, 2.45) is 0 Å². The molecule has 3 aliphatic rings. The smallest absolute Gasteiger partial charge is 0.278 e. The van der Waals surface area contributed by atoms with Crippen LogP contribution in [-0.2, 0) is 9.59 Å². The van der Waals surface area contributed by atoms with Crippen LogP contribution in [0, 0.1) is 0 Å². The second-order valence-electron chi connectivity index (χ2n) is 9.55. The van der Waals surface area contributed by atoms with Crippen LogP contribution in [0.1, 0.15) is 63.4 Å². The molecule has 6 heteroatoms. The molecule has 0 N–H and O–H groups in total. The molecule has 2 amide bonds. The lowest BCUT2D eigenvalue weighted by molar-refractivity contribution is -0.140. The molecule has 1 aromatic rings. The van der Waals surface area contributed by atoms with Crippen LogP contribution in [-0.4, -0.2) is 72.9 Å². The third kappa shape index (κ3) is 4.42. The van der Waals surface area contributed by atoms with Crippen LogP contribution >= 0.6 is 0 Å². The first-order valence-electron chi connectivity index (χ1n) is 12.2. The maximum absolute atomic E-state index is 13.9. The Morgan fingerprint density at radius 1 is 0.906 bits per heavy atom. The van der Waals surface area contributed by atoms with Gasteiger partial charge in [0.05, 0.1) is 12.7 Å². The molecule has 1 saturated heterocycles. The van der Waals surface area contributed by atoms with Gasteiger partial charge in [-0.15, -0.1) is 0 Å². The zero-order valence-electron chi connectivity index (χ0n) is 19.8. The molecule has 2 heterocycles. The average Bonchev–Trinajstić information content (AvgIpc) is 3.04. The van der Waals surface area contributed by atoms with Gasteiger partial charge in [0.2, 0.25) is 0 Å². The SMILES string of the molecule is COc1ccccc1C1=C(N(C)C2CCN(C)CC2)C(=O)N(C2CCCCCCC2)C1=O. The van der Waals surface area contributed by atoms with E-state index in [1.165, 1.54) is 19.3 Å². The Kier molecular flexibility index (Phi) is 7.19. The summed E-state index contributed by atoms with van der Waals surface area (Å²) in [7, 11) is 5.75. The van der Waals surface area contributed by atoms with Crippen molar-refractivity contribution in [2.45, 2.75) is 69.9 Å². The molecule has 6 nitrogen and oxygen atoms in total. The summed E-state index contributed by atoms with van der Waals surface area (Å²) in [4.78, 5) is 33.8. The van der Waals surface area contributed by atoms with E-state index in [1.807, 2.05) is 31.3 Å². The summed E-state index contributed by atoms with van der Waals surface area (Å²) < 4.78 is 5.60. The highest BCUT2D eigenvalue weighted by atomic mass is 16.5. The van der Waals surface area contributed by atoms with E-state index in [0.29, 0.717) is 17.0 Å². The zero-order chi connectivity index (χ0) is 22.7. The van der Waals surface area contributed by atoms with E-state index in [4.69, 9.17) is 4.74 Å². The van der Waals surface area contributed by atoms with Crippen molar-refractivity contribution in [3.8, 4) is 5.75 Å². The van der Waals surface area contributed by atoms with Gasteiger partial charge in [-0.05, 0) is 51.9 Å². The van der Waals surface area contributed by atoms with E-state index in [-0.39, 0.29) is 23.9 Å². The summed E-state index contributed by atoms with van der Waals surface area (Å²) in [5.74, 6) is 0.361. The van der Waals surface area contributed by atoms with Gasteiger partial charge in [0, 0.05) is 24.7 Å². The number of amides is 2. The van der Waals surface area contributed by atoms with Crippen LogP contribution in [0.15, 0.2) is 30.0 Å². The first-order valence-corrected chi connectivity index (χ1v) is 12.2. The summed E-state index contributed by atoms with van der Waals surface area (Å²) in [5.41, 5.74) is 1.78. The summed E-state index contributed by atoms with van der Waals surface area (Å²) >= 11 is 0. The topological polar surface area (TPSA) is 53.1 Å². The Labute approximate surface area is 192 Å². The van der Waals surface area contributed by atoms with Crippen LogP contribution < -0.4 is 4.74 Å². The molecule has 1 aromatic carbocycles. The molecule has 0 radical (unpaired) electrons. The van der Waals surface area contributed by atoms with Crippen LogP contribution in [0.25, 0.3) is 5.57 Å². The molecule has 0 spiro atoms. The monoisotopic (exact) mass is 439 g/mol. The van der Waals surface area contributed by atoms with Crippen molar-refractivity contribution in [3.63, 3.8) is 0 Å². The molecule has 32 heavy (non-hydrogen) atoms. The van der Waals surface area contributed by atoms with Gasteiger partial charge in [0.15, 0.2) is 0 Å². The van der Waals surface area contributed by atoms with Crippen LogP contribution in [0.5, 0.6) is 5.75 Å². The van der Waals surface area contributed by atoms with Crippen LogP contribution in [0.2, 0.25) is 0 Å². The minimum Gasteiger partial charge on any atom is -0.496 e. The van der Waals surface area contributed by atoms with Crippen molar-refractivity contribution in [3.05, 3.63) is 35.5 Å². The molecule has 0 unspecified atom stereocenters. The summed E-state index contributed by atoms with van der Waals surface area (Å²) in [6.07, 6.45) is 9.55. The quantitative estimate of drug-likeness (QED) is 0.651. The number of imide groups is 1. The molecule has 0 atom stereocenters. The number of likely N-dealkylation sites (N-methyl/N-ethyl adjacent to an activating group) is 1. The molecule has 0 bridgehead atoms. The van der Waals surface area contributed by atoms with E-state index in [0.717, 1.165) is 57.2 Å². The van der Waals surface area contributed by atoms with Gasteiger partial charge < -0.3 is 14.5 Å². The predicted octanol–water partition coefficient (Wildman–Crippen LogP) is 3.91. The number of likely N-dealkylation sites (tertiary alicyclic amines) is 1. The van der Waals surface area contributed by atoms with Gasteiger partial charge in [0.1, 0.15) is 11.4 Å². The zero-order valence-corrected chi connectivity index (χ0v) is 19.8. The van der Waals surface area contributed by atoms with Crippen molar-refractivity contribution >= 4 is 17.4 Å². The maximum Gasteiger partial charge on any atom is 0.278 e. The second-order valence-corrected chi connectivity index (χ2v) is 9.55. The number of benzene rings is 1. The number of piperidine rings is 1. The van der Waals surface area contributed by atoms with Gasteiger partial charge in [0.25, 0.3) is 11.8 Å². The highest BCUT2D eigenvalue weighted by molar-refractivity contribution is 6.36. The Balaban J connectivity index is 1.74. The molecule has 1 aliphatic carbocycles. The molecule has 2 fully saturated rings. The van der Waals surface area contributed by atoms with Gasteiger partial charge in [-0.3, -0.25) is 14.5 Å². The number of rotatable bonds is 5. The second kappa shape index (κ2) is 10.1. The third-order valence-electron chi connectivity index (χ3n) is 7.50. The predicted molar refractivity (Wildman–Crippen MR) is 126 cm³/mol. The fraction of sp³-hybridized carbons (Fsp3) is 0.615. The Hall–Kier alpha value is -2.34. The van der Waals surface area contributed by atoms with Gasteiger partial charge in [-0.25, -0.2) is 0 Å².